The number of hydrogen-bond donors (Lipinski definition) is 2. The molecule has 2 aliphatic rings. The Bertz CT molecular complexity index is 430. The summed E-state index contributed by atoms with van der Waals surface area (Å²) in [7, 11) is 0. The molecule has 1 aromatic rings. The Kier molecular flexibility index (Phi) is 2.13. The molecule has 0 radical (unpaired) electrons. The van der Waals surface area contributed by atoms with E-state index in [-0.39, 0.29) is 11.8 Å². The fraction of sp³-hybridized carbons (Fsp3) is 0.462. The van der Waals surface area contributed by atoms with E-state index < -0.39 is 5.97 Å². The summed E-state index contributed by atoms with van der Waals surface area (Å²) >= 11 is 0. The number of nitrogens with one attached hydrogen (secondary N) is 1. The molecule has 1 aliphatic heterocycles. The van der Waals surface area contributed by atoms with E-state index in [1.54, 1.807) is 0 Å². The van der Waals surface area contributed by atoms with E-state index in [0.29, 0.717) is 6.04 Å². The third-order valence-electron chi connectivity index (χ3n) is 3.90. The molecule has 1 saturated carbocycles. The standard InChI is InChI=1S/C13H15NO2/c15-13(16)12-8-4-1-2-6-10(8)14-11-7-3-5-9(11)12/h1-2,4,6,9,11-12,14H,3,5,7H2,(H,15,16). The second-order valence-electron chi connectivity index (χ2n) is 4.75. The van der Waals surface area contributed by atoms with E-state index >= 15 is 0 Å². The van der Waals surface area contributed by atoms with Crippen molar-refractivity contribution in [2.24, 2.45) is 5.92 Å². The lowest BCUT2D eigenvalue weighted by Gasteiger charge is -2.34. The van der Waals surface area contributed by atoms with E-state index in [9.17, 15) is 9.90 Å². The molecule has 0 saturated heterocycles. The summed E-state index contributed by atoms with van der Waals surface area (Å²) in [6.45, 7) is 0. The summed E-state index contributed by atoms with van der Waals surface area (Å²) in [6.07, 6.45) is 3.27. The van der Waals surface area contributed by atoms with Crippen LogP contribution >= 0.6 is 0 Å². The van der Waals surface area contributed by atoms with Crippen LogP contribution in [0.3, 0.4) is 0 Å². The molecule has 1 aliphatic carbocycles. The number of rotatable bonds is 1. The van der Waals surface area contributed by atoms with Crippen molar-refractivity contribution in [3.8, 4) is 0 Å². The van der Waals surface area contributed by atoms with Gasteiger partial charge >= 0.3 is 5.97 Å². The van der Waals surface area contributed by atoms with E-state index in [0.717, 1.165) is 30.5 Å². The Labute approximate surface area is 94.5 Å². The van der Waals surface area contributed by atoms with Gasteiger partial charge in [-0.1, -0.05) is 24.6 Å². The van der Waals surface area contributed by atoms with Gasteiger partial charge in [-0.3, -0.25) is 4.79 Å². The third kappa shape index (κ3) is 1.31. The van der Waals surface area contributed by atoms with Crippen LogP contribution in [0.5, 0.6) is 0 Å². The van der Waals surface area contributed by atoms with Crippen LogP contribution in [0.4, 0.5) is 5.69 Å². The molecule has 1 aromatic carbocycles. The maximum Gasteiger partial charge on any atom is 0.311 e. The molecule has 3 nitrogen and oxygen atoms in total. The summed E-state index contributed by atoms with van der Waals surface area (Å²) in [5.74, 6) is -0.719. The van der Waals surface area contributed by atoms with Gasteiger partial charge in [-0.05, 0) is 30.4 Å². The van der Waals surface area contributed by atoms with Gasteiger partial charge in [-0.25, -0.2) is 0 Å². The van der Waals surface area contributed by atoms with Gasteiger partial charge in [-0.2, -0.15) is 0 Å². The van der Waals surface area contributed by atoms with Crippen molar-refractivity contribution < 1.29 is 9.90 Å². The second-order valence-corrected chi connectivity index (χ2v) is 4.75. The van der Waals surface area contributed by atoms with Gasteiger partial charge in [0.05, 0.1) is 5.92 Å². The molecule has 0 aromatic heterocycles. The lowest BCUT2D eigenvalue weighted by molar-refractivity contribution is -0.140. The number of carboxylic acids is 1. The first-order valence-electron chi connectivity index (χ1n) is 5.85. The summed E-state index contributed by atoms with van der Waals surface area (Å²) in [4.78, 5) is 11.4. The number of hydrogen-bond acceptors (Lipinski definition) is 2. The molecular weight excluding hydrogens is 202 g/mol. The van der Waals surface area contributed by atoms with Gasteiger partial charge in [-0.15, -0.1) is 0 Å². The Balaban J connectivity index is 2.08. The SMILES string of the molecule is O=C(O)C1c2ccccc2NC2CCCC21. The van der Waals surface area contributed by atoms with E-state index in [2.05, 4.69) is 5.32 Å². The molecular formula is C13H15NO2. The average Bonchev–Trinajstić information content (AvgIpc) is 2.72. The lowest BCUT2D eigenvalue weighted by atomic mass is 9.79. The van der Waals surface area contributed by atoms with Crippen molar-refractivity contribution >= 4 is 11.7 Å². The minimum Gasteiger partial charge on any atom is -0.481 e. The molecule has 0 spiro atoms. The number of carboxylic acid groups (broad SMARTS) is 1. The monoisotopic (exact) mass is 217 g/mol. The molecule has 16 heavy (non-hydrogen) atoms. The van der Waals surface area contributed by atoms with Crippen molar-refractivity contribution in [1.29, 1.82) is 0 Å². The zero-order valence-corrected chi connectivity index (χ0v) is 9.02. The van der Waals surface area contributed by atoms with E-state index in [1.807, 2.05) is 24.3 Å². The molecule has 0 amide bonds. The highest BCUT2D eigenvalue weighted by Gasteiger charge is 2.42. The number of carbonyl (C=O) groups is 1. The van der Waals surface area contributed by atoms with Crippen LogP contribution in [0.1, 0.15) is 30.7 Å². The molecule has 3 atom stereocenters. The third-order valence-corrected chi connectivity index (χ3v) is 3.90. The van der Waals surface area contributed by atoms with Gasteiger partial charge < -0.3 is 10.4 Å². The number of para-hydroxylation sites is 1. The Morgan fingerprint density at radius 2 is 2.12 bits per heavy atom. The van der Waals surface area contributed by atoms with Crippen LogP contribution in [-0.2, 0) is 4.79 Å². The van der Waals surface area contributed by atoms with Crippen molar-refractivity contribution in [1.82, 2.24) is 0 Å². The fourth-order valence-corrected chi connectivity index (χ4v) is 3.21. The van der Waals surface area contributed by atoms with E-state index in [4.69, 9.17) is 0 Å². The van der Waals surface area contributed by atoms with Gasteiger partial charge in [0.1, 0.15) is 0 Å². The molecule has 2 N–H and O–H groups in total. The topological polar surface area (TPSA) is 49.3 Å². The van der Waals surface area contributed by atoms with Crippen molar-refractivity contribution in [3.63, 3.8) is 0 Å². The number of aliphatic carboxylic acids is 1. The van der Waals surface area contributed by atoms with Gasteiger partial charge in [0.15, 0.2) is 0 Å². The summed E-state index contributed by atoms with van der Waals surface area (Å²) in [6, 6.07) is 8.16. The number of anilines is 1. The second kappa shape index (κ2) is 3.51. The van der Waals surface area contributed by atoms with Crippen molar-refractivity contribution in [2.75, 3.05) is 5.32 Å². The first-order chi connectivity index (χ1) is 7.77. The summed E-state index contributed by atoms with van der Waals surface area (Å²) < 4.78 is 0. The predicted octanol–water partition coefficient (Wildman–Crippen LogP) is 2.45. The fourth-order valence-electron chi connectivity index (χ4n) is 3.21. The molecule has 3 heteroatoms. The normalized spacial score (nSPS) is 31.4. The van der Waals surface area contributed by atoms with Gasteiger partial charge in [0.2, 0.25) is 0 Å². The highest BCUT2D eigenvalue weighted by molar-refractivity contribution is 5.81. The number of fused-ring (bicyclic) bond motifs is 2. The quantitative estimate of drug-likeness (QED) is 0.759. The molecule has 3 rings (SSSR count). The Morgan fingerprint density at radius 1 is 1.31 bits per heavy atom. The van der Waals surface area contributed by atoms with Crippen LogP contribution in [0.15, 0.2) is 24.3 Å². The maximum atomic E-state index is 11.4. The molecule has 3 unspecified atom stereocenters. The van der Waals surface area contributed by atoms with Crippen LogP contribution in [0.2, 0.25) is 0 Å². The van der Waals surface area contributed by atoms with E-state index in [1.165, 1.54) is 0 Å². The number of benzene rings is 1. The largest absolute Gasteiger partial charge is 0.481 e. The predicted molar refractivity (Wildman–Crippen MR) is 61.6 cm³/mol. The highest BCUT2D eigenvalue weighted by atomic mass is 16.4. The van der Waals surface area contributed by atoms with Crippen LogP contribution in [0.25, 0.3) is 0 Å². The minimum atomic E-state index is -0.675. The van der Waals surface area contributed by atoms with Crippen LogP contribution in [0, 0.1) is 5.92 Å². The molecule has 1 fully saturated rings. The maximum absolute atomic E-state index is 11.4. The molecule has 84 valence electrons. The first-order valence-corrected chi connectivity index (χ1v) is 5.85. The summed E-state index contributed by atoms with van der Waals surface area (Å²) in [5.41, 5.74) is 1.97. The first kappa shape index (κ1) is 9.70. The minimum absolute atomic E-state index is 0.271. The smallest absolute Gasteiger partial charge is 0.311 e. The zero-order chi connectivity index (χ0) is 11.1. The van der Waals surface area contributed by atoms with Crippen LogP contribution < -0.4 is 5.32 Å². The Hall–Kier alpha value is -1.51. The Morgan fingerprint density at radius 3 is 2.94 bits per heavy atom. The van der Waals surface area contributed by atoms with Crippen molar-refractivity contribution in [2.45, 2.75) is 31.2 Å². The van der Waals surface area contributed by atoms with Crippen LogP contribution in [-0.4, -0.2) is 17.1 Å². The summed E-state index contributed by atoms with van der Waals surface area (Å²) in [5, 5.41) is 12.9. The average molecular weight is 217 g/mol. The lowest BCUT2D eigenvalue weighted by Crippen LogP contribution is -2.37. The van der Waals surface area contributed by atoms with Gasteiger partial charge in [0, 0.05) is 11.7 Å². The highest BCUT2D eigenvalue weighted by Crippen LogP contribution is 2.45. The molecule has 1 heterocycles. The van der Waals surface area contributed by atoms with Crippen molar-refractivity contribution in [3.05, 3.63) is 29.8 Å². The van der Waals surface area contributed by atoms with Gasteiger partial charge in [0.25, 0.3) is 0 Å². The molecule has 0 bridgehead atoms. The zero-order valence-electron chi connectivity index (χ0n) is 9.02.